The van der Waals surface area contributed by atoms with Gasteiger partial charge in [-0.2, -0.15) is 0 Å². The number of amides is 1. The van der Waals surface area contributed by atoms with Crippen molar-refractivity contribution in [3.63, 3.8) is 0 Å². The van der Waals surface area contributed by atoms with Crippen molar-refractivity contribution in [1.29, 1.82) is 0 Å². The standard InChI is InChI=1S/C20H21ClN2O4/c1-26-18(24)14-6-10-23(11-7-14)19(25)20(8-9-20)17-12-16(27-22-17)13-2-4-15(21)5-3-13/h2-5,12,14H,6-11H2,1H3. The highest BCUT2D eigenvalue weighted by Gasteiger charge is 2.55. The normalized spacial score (nSPS) is 19.0. The lowest BCUT2D eigenvalue weighted by atomic mass is 9.93. The van der Waals surface area contributed by atoms with Crippen molar-refractivity contribution in [3.8, 4) is 11.3 Å². The van der Waals surface area contributed by atoms with Gasteiger partial charge in [0.1, 0.15) is 0 Å². The van der Waals surface area contributed by atoms with Gasteiger partial charge in [0.15, 0.2) is 5.76 Å². The number of carbonyl (C=O) groups is 2. The molecule has 0 atom stereocenters. The Hall–Kier alpha value is -2.34. The van der Waals surface area contributed by atoms with Gasteiger partial charge in [-0.15, -0.1) is 0 Å². The summed E-state index contributed by atoms with van der Waals surface area (Å²) in [7, 11) is 1.40. The van der Waals surface area contributed by atoms with Crippen molar-refractivity contribution in [3.05, 3.63) is 41.0 Å². The van der Waals surface area contributed by atoms with Crippen molar-refractivity contribution < 1.29 is 18.8 Å². The summed E-state index contributed by atoms with van der Waals surface area (Å²) >= 11 is 5.93. The van der Waals surface area contributed by atoms with Gasteiger partial charge in [0.05, 0.1) is 24.1 Å². The molecule has 27 heavy (non-hydrogen) atoms. The fourth-order valence-corrected chi connectivity index (χ4v) is 3.87. The van der Waals surface area contributed by atoms with Crippen molar-refractivity contribution >= 4 is 23.5 Å². The Morgan fingerprint density at radius 1 is 1.22 bits per heavy atom. The first-order chi connectivity index (χ1) is 13.0. The summed E-state index contributed by atoms with van der Waals surface area (Å²) in [5, 5.41) is 4.85. The number of hydrogen-bond acceptors (Lipinski definition) is 5. The zero-order chi connectivity index (χ0) is 19.0. The van der Waals surface area contributed by atoms with E-state index in [2.05, 4.69) is 5.16 Å². The molecule has 0 spiro atoms. The minimum absolute atomic E-state index is 0.0850. The molecule has 1 saturated heterocycles. The van der Waals surface area contributed by atoms with Gasteiger partial charge in [-0.1, -0.05) is 16.8 Å². The highest BCUT2D eigenvalue weighted by molar-refractivity contribution is 6.30. The number of methoxy groups -OCH3 is 1. The highest BCUT2D eigenvalue weighted by atomic mass is 35.5. The molecule has 2 fully saturated rings. The molecule has 7 heteroatoms. The van der Waals surface area contributed by atoms with Gasteiger partial charge >= 0.3 is 5.97 Å². The number of ether oxygens (including phenoxy) is 1. The van der Waals surface area contributed by atoms with Crippen LogP contribution in [0.4, 0.5) is 0 Å². The quantitative estimate of drug-likeness (QED) is 0.750. The molecule has 2 aliphatic rings. The number of rotatable bonds is 4. The van der Waals surface area contributed by atoms with Gasteiger partial charge < -0.3 is 14.2 Å². The smallest absolute Gasteiger partial charge is 0.308 e. The molecule has 0 bridgehead atoms. The minimum Gasteiger partial charge on any atom is -0.469 e. The summed E-state index contributed by atoms with van der Waals surface area (Å²) in [6, 6.07) is 9.18. The molecule has 1 amide bonds. The predicted molar refractivity (Wildman–Crippen MR) is 99.2 cm³/mol. The number of carbonyl (C=O) groups excluding carboxylic acids is 2. The van der Waals surface area contributed by atoms with Gasteiger partial charge in [0.25, 0.3) is 0 Å². The molecule has 1 saturated carbocycles. The maximum Gasteiger partial charge on any atom is 0.308 e. The number of nitrogens with zero attached hydrogens (tertiary/aromatic N) is 2. The largest absolute Gasteiger partial charge is 0.469 e. The lowest BCUT2D eigenvalue weighted by Gasteiger charge is -2.32. The number of hydrogen-bond donors (Lipinski definition) is 0. The second kappa shape index (κ2) is 7.00. The van der Waals surface area contributed by atoms with Crippen LogP contribution in [0.2, 0.25) is 5.02 Å². The first-order valence-electron chi connectivity index (χ1n) is 9.14. The summed E-state index contributed by atoms with van der Waals surface area (Å²) < 4.78 is 10.3. The van der Waals surface area contributed by atoms with E-state index in [4.69, 9.17) is 20.9 Å². The van der Waals surface area contributed by atoms with E-state index < -0.39 is 5.41 Å². The van der Waals surface area contributed by atoms with E-state index in [9.17, 15) is 9.59 Å². The Kier molecular flexibility index (Phi) is 4.68. The summed E-state index contributed by atoms with van der Waals surface area (Å²) in [5.41, 5.74) is 0.986. The molecule has 2 heterocycles. The number of halogens is 1. The third-order valence-electron chi connectivity index (χ3n) is 5.61. The van der Waals surface area contributed by atoms with Crippen LogP contribution < -0.4 is 0 Å². The molecular formula is C20H21ClN2O4. The number of esters is 1. The van der Waals surface area contributed by atoms with Gasteiger partial charge in [-0.3, -0.25) is 9.59 Å². The average molecular weight is 389 g/mol. The van der Waals surface area contributed by atoms with E-state index in [0.29, 0.717) is 42.4 Å². The van der Waals surface area contributed by atoms with Crippen LogP contribution in [0.15, 0.2) is 34.9 Å². The van der Waals surface area contributed by atoms with Gasteiger partial charge in [-0.25, -0.2) is 0 Å². The Balaban J connectivity index is 1.47. The molecular weight excluding hydrogens is 368 g/mol. The van der Waals surface area contributed by atoms with Crippen molar-refractivity contribution in [2.75, 3.05) is 20.2 Å². The van der Waals surface area contributed by atoms with Crippen LogP contribution in [0.1, 0.15) is 31.4 Å². The Labute approximate surface area is 162 Å². The minimum atomic E-state index is -0.577. The van der Waals surface area contributed by atoms with Crippen LogP contribution in [0.3, 0.4) is 0 Å². The lowest BCUT2D eigenvalue weighted by molar-refractivity contribution is -0.149. The van der Waals surface area contributed by atoms with Gasteiger partial charge in [0, 0.05) is 29.7 Å². The zero-order valence-electron chi connectivity index (χ0n) is 15.1. The molecule has 1 aromatic heterocycles. The fraction of sp³-hybridized carbons (Fsp3) is 0.450. The molecule has 0 N–H and O–H groups in total. The van der Waals surface area contributed by atoms with Crippen LogP contribution in [-0.4, -0.2) is 42.1 Å². The van der Waals surface area contributed by atoms with Gasteiger partial charge in [0.2, 0.25) is 5.91 Å². The third-order valence-corrected chi connectivity index (χ3v) is 5.86. The Morgan fingerprint density at radius 2 is 1.89 bits per heavy atom. The Morgan fingerprint density at radius 3 is 2.48 bits per heavy atom. The maximum absolute atomic E-state index is 13.1. The van der Waals surface area contributed by atoms with E-state index in [-0.39, 0.29) is 17.8 Å². The second-order valence-electron chi connectivity index (χ2n) is 7.26. The van der Waals surface area contributed by atoms with E-state index in [0.717, 1.165) is 18.4 Å². The van der Waals surface area contributed by atoms with E-state index in [1.54, 1.807) is 12.1 Å². The topological polar surface area (TPSA) is 72.6 Å². The molecule has 6 nitrogen and oxygen atoms in total. The summed E-state index contributed by atoms with van der Waals surface area (Å²) in [4.78, 5) is 26.7. The van der Waals surface area contributed by atoms with E-state index in [1.165, 1.54) is 7.11 Å². The van der Waals surface area contributed by atoms with Crippen LogP contribution in [0, 0.1) is 5.92 Å². The molecule has 2 aromatic rings. The third kappa shape index (κ3) is 3.34. The van der Waals surface area contributed by atoms with Gasteiger partial charge in [-0.05, 0) is 49.9 Å². The summed E-state index contributed by atoms with van der Waals surface area (Å²) in [5.74, 6) is 0.414. The SMILES string of the molecule is COC(=O)C1CCN(C(=O)C2(c3cc(-c4ccc(Cl)cc4)on3)CC2)CC1. The molecule has 1 aromatic carbocycles. The monoisotopic (exact) mass is 388 g/mol. The molecule has 1 aliphatic heterocycles. The first-order valence-corrected chi connectivity index (χ1v) is 9.51. The average Bonchev–Trinajstić information content (AvgIpc) is 3.37. The van der Waals surface area contributed by atoms with Crippen LogP contribution >= 0.6 is 11.6 Å². The Bertz CT molecular complexity index is 849. The molecule has 0 unspecified atom stereocenters. The molecule has 1 aliphatic carbocycles. The van der Waals surface area contributed by atoms with Crippen LogP contribution in [-0.2, 0) is 19.7 Å². The number of benzene rings is 1. The maximum atomic E-state index is 13.1. The van der Waals surface area contributed by atoms with Crippen molar-refractivity contribution in [2.45, 2.75) is 31.1 Å². The van der Waals surface area contributed by atoms with Crippen LogP contribution in [0.5, 0.6) is 0 Å². The van der Waals surface area contributed by atoms with Crippen molar-refractivity contribution in [2.24, 2.45) is 5.92 Å². The van der Waals surface area contributed by atoms with E-state index in [1.807, 2.05) is 23.1 Å². The molecule has 142 valence electrons. The van der Waals surface area contributed by atoms with E-state index >= 15 is 0 Å². The highest BCUT2D eigenvalue weighted by Crippen LogP contribution is 2.50. The summed E-state index contributed by atoms with van der Waals surface area (Å²) in [6.07, 6.45) is 2.83. The zero-order valence-corrected chi connectivity index (χ0v) is 15.9. The molecule has 4 rings (SSSR count). The number of piperidine rings is 1. The van der Waals surface area contributed by atoms with Crippen molar-refractivity contribution in [1.82, 2.24) is 10.1 Å². The lowest BCUT2D eigenvalue weighted by Crippen LogP contribution is -2.45. The van der Waals surface area contributed by atoms with Crippen LogP contribution in [0.25, 0.3) is 11.3 Å². The number of likely N-dealkylation sites (tertiary alicyclic amines) is 1. The number of aromatic nitrogens is 1. The first kappa shape index (κ1) is 18.0. The molecule has 0 radical (unpaired) electrons. The second-order valence-corrected chi connectivity index (χ2v) is 7.69. The summed E-state index contributed by atoms with van der Waals surface area (Å²) in [6.45, 7) is 1.14. The predicted octanol–water partition coefficient (Wildman–Crippen LogP) is 3.44. The fourth-order valence-electron chi connectivity index (χ4n) is 3.74.